The van der Waals surface area contributed by atoms with E-state index in [2.05, 4.69) is 5.32 Å². The minimum atomic E-state index is -4.27. The Morgan fingerprint density at radius 3 is 2.54 bits per heavy atom. The summed E-state index contributed by atoms with van der Waals surface area (Å²) in [5.74, 6) is -1.52. The maximum absolute atomic E-state index is 12.3. The van der Waals surface area contributed by atoms with Crippen LogP contribution in [0.1, 0.15) is 32.1 Å². The van der Waals surface area contributed by atoms with Crippen LogP contribution in [0.4, 0.5) is 13.2 Å². The van der Waals surface area contributed by atoms with Crippen molar-refractivity contribution >= 4 is 13.1 Å². The first-order valence-electron chi connectivity index (χ1n) is 8.21. The summed E-state index contributed by atoms with van der Waals surface area (Å²) in [5, 5.41) is 29.9. The predicted molar refractivity (Wildman–Crippen MR) is 81.0 cm³/mol. The van der Waals surface area contributed by atoms with Gasteiger partial charge in [-0.2, -0.15) is 13.2 Å². The fraction of sp³-hybridized carbons (Fsp3) is 0.929. The first-order chi connectivity index (χ1) is 11.0. The number of hydrogen-bond acceptors (Lipinski definition) is 5. The lowest BCUT2D eigenvalue weighted by atomic mass is 9.75. The summed E-state index contributed by atoms with van der Waals surface area (Å²) in [6, 6.07) is -0.286. The van der Waals surface area contributed by atoms with Crippen LogP contribution in [0, 0.1) is 17.8 Å². The van der Waals surface area contributed by atoms with Gasteiger partial charge in [-0.05, 0) is 49.8 Å². The molecule has 6 N–H and O–H groups in total. The van der Waals surface area contributed by atoms with Crippen molar-refractivity contribution in [3.8, 4) is 0 Å². The Balaban J connectivity index is 2.00. The van der Waals surface area contributed by atoms with Crippen molar-refractivity contribution in [3.63, 3.8) is 0 Å². The van der Waals surface area contributed by atoms with Gasteiger partial charge in [0.1, 0.15) is 5.54 Å². The zero-order valence-corrected chi connectivity index (χ0v) is 13.3. The molecule has 24 heavy (non-hydrogen) atoms. The van der Waals surface area contributed by atoms with E-state index in [1.165, 1.54) is 0 Å². The molecular formula is C14H24BF3N2O4. The van der Waals surface area contributed by atoms with E-state index in [1.54, 1.807) is 0 Å². The third kappa shape index (κ3) is 4.41. The average Bonchev–Trinajstić information content (AvgIpc) is 2.92. The summed E-state index contributed by atoms with van der Waals surface area (Å²) in [4.78, 5) is 11.6. The number of nitrogens with two attached hydrogens (primary N) is 1. The lowest BCUT2D eigenvalue weighted by molar-refractivity contribution is -0.145. The molecule has 0 spiro atoms. The largest absolute Gasteiger partial charge is 0.480 e. The summed E-state index contributed by atoms with van der Waals surface area (Å²) < 4.78 is 37.0. The van der Waals surface area contributed by atoms with Gasteiger partial charge in [-0.1, -0.05) is 6.42 Å². The molecule has 138 valence electrons. The summed E-state index contributed by atoms with van der Waals surface area (Å²) in [7, 11) is -1.45. The van der Waals surface area contributed by atoms with E-state index >= 15 is 0 Å². The maximum atomic E-state index is 12.3. The van der Waals surface area contributed by atoms with E-state index in [0.29, 0.717) is 25.7 Å². The molecule has 6 nitrogen and oxygen atoms in total. The first kappa shape index (κ1) is 19.5. The van der Waals surface area contributed by atoms with Crippen LogP contribution >= 0.6 is 0 Å². The van der Waals surface area contributed by atoms with Gasteiger partial charge in [-0.25, -0.2) is 0 Å². The minimum absolute atomic E-state index is 0.0131. The number of carbonyl (C=O) groups is 1. The van der Waals surface area contributed by atoms with Gasteiger partial charge < -0.3 is 26.2 Å². The van der Waals surface area contributed by atoms with Gasteiger partial charge >= 0.3 is 19.3 Å². The molecule has 0 bridgehead atoms. The lowest BCUT2D eigenvalue weighted by Crippen LogP contribution is -2.52. The van der Waals surface area contributed by atoms with Gasteiger partial charge in [-0.3, -0.25) is 4.79 Å². The Kier molecular flexibility index (Phi) is 5.84. The van der Waals surface area contributed by atoms with Crippen LogP contribution in [0.5, 0.6) is 0 Å². The molecule has 2 saturated carbocycles. The quantitative estimate of drug-likeness (QED) is 0.428. The van der Waals surface area contributed by atoms with Crippen molar-refractivity contribution in [2.45, 2.75) is 56.2 Å². The molecule has 2 aliphatic carbocycles. The smallest absolute Gasteiger partial charge is 0.451 e. The summed E-state index contributed by atoms with van der Waals surface area (Å²) in [5.41, 5.74) is 4.73. The van der Waals surface area contributed by atoms with Crippen molar-refractivity contribution in [3.05, 3.63) is 0 Å². The lowest BCUT2D eigenvalue weighted by Gasteiger charge is -2.31. The number of alkyl halides is 3. The highest BCUT2D eigenvalue weighted by atomic mass is 19.4. The minimum Gasteiger partial charge on any atom is -0.480 e. The van der Waals surface area contributed by atoms with Crippen LogP contribution < -0.4 is 11.1 Å². The average molecular weight is 352 g/mol. The molecule has 0 aromatic heterocycles. The van der Waals surface area contributed by atoms with E-state index in [1.807, 2.05) is 0 Å². The standard InChI is InChI=1S/C14H24BF3N2O4/c16-14(17,18)7-20-9-4-8-6-13(19,12(21)22)11(10(8)5-9)2-1-3-15(23)24/h8-11,20,23-24H,1-7,19H2,(H,21,22)/t8-,9+,10-,11+,13+/m1/s1. The molecule has 0 aromatic rings. The molecule has 0 aliphatic heterocycles. The number of aliphatic carboxylic acids is 1. The molecule has 0 unspecified atom stereocenters. The highest BCUT2D eigenvalue weighted by Crippen LogP contribution is 2.53. The molecular weight excluding hydrogens is 328 g/mol. The van der Waals surface area contributed by atoms with Gasteiger partial charge in [-0.15, -0.1) is 0 Å². The zero-order chi connectivity index (χ0) is 18.1. The van der Waals surface area contributed by atoms with Crippen molar-refractivity contribution in [2.75, 3.05) is 6.54 Å². The van der Waals surface area contributed by atoms with Gasteiger partial charge in [0.15, 0.2) is 0 Å². The van der Waals surface area contributed by atoms with Crippen LogP contribution in [-0.4, -0.2) is 52.5 Å². The van der Waals surface area contributed by atoms with Gasteiger partial charge in [0.05, 0.1) is 6.54 Å². The third-order valence-corrected chi connectivity index (χ3v) is 5.49. The predicted octanol–water partition coefficient (Wildman–Crippen LogP) is 0.588. The third-order valence-electron chi connectivity index (χ3n) is 5.49. The van der Waals surface area contributed by atoms with E-state index < -0.39 is 31.3 Å². The van der Waals surface area contributed by atoms with Crippen LogP contribution in [0.25, 0.3) is 0 Å². The topological polar surface area (TPSA) is 116 Å². The highest BCUT2D eigenvalue weighted by molar-refractivity contribution is 6.40. The van der Waals surface area contributed by atoms with E-state index in [9.17, 15) is 23.1 Å². The number of nitrogens with one attached hydrogen (secondary N) is 1. The van der Waals surface area contributed by atoms with Crippen LogP contribution in [0.2, 0.25) is 6.32 Å². The molecule has 2 aliphatic rings. The first-order valence-corrected chi connectivity index (χ1v) is 8.21. The molecule has 5 atom stereocenters. The number of halogens is 3. The summed E-state index contributed by atoms with van der Waals surface area (Å²) >= 11 is 0. The number of hydrogen-bond donors (Lipinski definition) is 5. The van der Waals surface area contributed by atoms with Gasteiger partial charge in [0.2, 0.25) is 0 Å². The number of carboxylic acid groups (broad SMARTS) is 1. The Morgan fingerprint density at radius 1 is 1.33 bits per heavy atom. The van der Waals surface area contributed by atoms with Crippen molar-refractivity contribution < 1.29 is 33.1 Å². The Morgan fingerprint density at radius 2 is 2.00 bits per heavy atom. The molecule has 2 fully saturated rings. The van der Waals surface area contributed by atoms with Crippen LogP contribution in [-0.2, 0) is 4.79 Å². The van der Waals surface area contributed by atoms with E-state index in [-0.39, 0.29) is 36.5 Å². The van der Waals surface area contributed by atoms with Crippen LogP contribution in [0.15, 0.2) is 0 Å². The van der Waals surface area contributed by atoms with E-state index in [4.69, 9.17) is 15.8 Å². The Labute approximate surface area is 138 Å². The SMILES string of the molecule is N[C@@]1(C(=O)O)C[C@H]2C[C@H](NCC(F)(F)F)C[C@H]2[C@@H]1CCCB(O)O. The summed E-state index contributed by atoms with van der Waals surface area (Å²) in [6.07, 6.45) is -2.09. The number of carboxylic acids is 1. The molecule has 2 rings (SSSR count). The van der Waals surface area contributed by atoms with Crippen molar-refractivity contribution in [1.82, 2.24) is 5.32 Å². The molecule has 0 radical (unpaired) electrons. The molecule has 0 aromatic carbocycles. The fourth-order valence-corrected chi connectivity index (χ4v) is 4.52. The highest BCUT2D eigenvalue weighted by Gasteiger charge is 2.58. The fourth-order valence-electron chi connectivity index (χ4n) is 4.52. The molecule has 0 saturated heterocycles. The Hall–Kier alpha value is -0.835. The second-order valence-electron chi connectivity index (χ2n) is 7.16. The van der Waals surface area contributed by atoms with Gasteiger partial charge in [0, 0.05) is 6.04 Å². The molecule has 0 heterocycles. The molecule has 0 amide bonds. The second-order valence-corrected chi connectivity index (χ2v) is 7.16. The summed E-state index contributed by atoms with van der Waals surface area (Å²) in [6.45, 7) is -1.05. The van der Waals surface area contributed by atoms with Gasteiger partial charge in [0.25, 0.3) is 0 Å². The van der Waals surface area contributed by atoms with Crippen molar-refractivity contribution in [1.29, 1.82) is 0 Å². The number of fused-ring (bicyclic) bond motifs is 1. The Bertz CT molecular complexity index is 466. The normalized spacial score (nSPS) is 35.9. The van der Waals surface area contributed by atoms with Crippen molar-refractivity contribution in [2.24, 2.45) is 23.5 Å². The molecule has 10 heteroatoms. The zero-order valence-electron chi connectivity index (χ0n) is 13.3. The van der Waals surface area contributed by atoms with Crippen LogP contribution in [0.3, 0.4) is 0 Å². The number of rotatable bonds is 7. The maximum Gasteiger partial charge on any atom is 0.451 e. The second kappa shape index (κ2) is 7.19. The van der Waals surface area contributed by atoms with E-state index in [0.717, 1.165) is 0 Å². The monoisotopic (exact) mass is 352 g/mol.